The molecule has 1 unspecified atom stereocenters. The van der Waals surface area contributed by atoms with Gasteiger partial charge in [-0.25, -0.2) is 15.0 Å². The van der Waals surface area contributed by atoms with E-state index in [1.165, 1.54) is 0 Å². The number of ether oxygens (including phenoxy) is 1. The molecule has 1 fully saturated rings. The quantitative estimate of drug-likeness (QED) is 0.668. The minimum Gasteiger partial charge on any atom is -0.384 e. The molecule has 0 aliphatic carbocycles. The Labute approximate surface area is 185 Å². The van der Waals surface area contributed by atoms with E-state index in [1.807, 2.05) is 24.8 Å². The Hall–Kier alpha value is -2.75. The fourth-order valence-corrected chi connectivity index (χ4v) is 3.63. The number of aromatic nitrogens is 3. The van der Waals surface area contributed by atoms with Crippen LogP contribution in [0.3, 0.4) is 0 Å². The van der Waals surface area contributed by atoms with Crippen molar-refractivity contribution in [3.63, 3.8) is 0 Å². The third-order valence-electron chi connectivity index (χ3n) is 5.40. The van der Waals surface area contributed by atoms with Gasteiger partial charge in [0.15, 0.2) is 0 Å². The van der Waals surface area contributed by atoms with Crippen molar-refractivity contribution in [1.82, 2.24) is 19.9 Å². The first-order valence-corrected chi connectivity index (χ1v) is 10.6. The Morgan fingerprint density at radius 2 is 2.09 bits per heavy atom. The van der Waals surface area contributed by atoms with E-state index >= 15 is 0 Å². The van der Waals surface area contributed by atoms with Gasteiger partial charge in [-0.3, -0.25) is 4.79 Å². The summed E-state index contributed by atoms with van der Waals surface area (Å²) in [6.45, 7) is 5.58. The van der Waals surface area contributed by atoms with Crippen LogP contribution in [0.2, 0.25) is 0 Å². The van der Waals surface area contributed by atoms with Crippen LogP contribution >= 0.6 is 0 Å². The highest BCUT2D eigenvalue weighted by Crippen LogP contribution is 2.31. The molecule has 0 aromatic carbocycles. The average Bonchev–Trinajstić information content (AvgIpc) is 2.77. The molecule has 1 saturated heterocycles. The zero-order valence-corrected chi connectivity index (χ0v) is 18.4. The van der Waals surface area contributed by atoms with E-state index in [1.54, 1.807) is 7.11 Å². The molecule has 1 atom stereocenters. The SMILES string of the molecule is COCCC(=O)N1CCCC(c2cc(C(C)C)nc(Nc3cc(C(F)(F)F)ccn3)n2)C1. The zero-order valence-electron chi connectivity index (χ0n) is 18.4. The summed E-state index contributed by atoms with van der Waals surface area (Å²) in [7, 11) is 1.56. The minimum atomic E-state index is -4.47. The van der Waals surface area contributed by atoms with Crippen LogP contribution in [0.4, 0.5) is 24.9 Å². The first-order chi connectivity index (χ1) is 15.2. The number of amides is 1. The molecule has 1 N–H and O–H groups in total. The van der Waals surface area contributed by atoms with Crippen LogP contribution in [0, 0.1) is 0 Å². The molecule has 32 heavy (non-hydrogen) atoms. The van der Waals surface area contributed by atoms with Crippen molar-refractivity contribution >= 4 is 17.7 Å². The number of pyridine rings is 1. The molecule has 1 aliphatic heterocycles. The summed E-state index contributed by atoms with van der Waals surface area (Å²) in [5, 5.41) is 2.82. The Morgan fingerprint density at radius 3 is 2.78 bits per heavy atom. The maximum Gasteiger partial charge on any atom is 0.416 e. The van der Waals surface area contributed by atoms with E-state index in [0.717, 1.165) is 42.6 Å². The van der Waals surface area contributed by atoms with Gasteiger partial charge < -0.3 is 15.0 Å². The number of nitrogens with zero attached hydrogens (tertiary/aromatic N) is 4. The standard InChI is InChI=1S/C22H28F3N5O2/c1-14(2)17-12-18(15-5-4-9-30(13-15)20(31)7-10-32-3)28-21(27-17)29-19-11-16(6-8-26-19)22(23,24)25/h6,8,11-12,14-15H,4-5,7,9-10,13H2,1-3H3,(H,26,27,28,29). The number of hydrogen-bond donors (Lipinski definition) is 1. The van der Waals surface area contributed by atoms with Gasteiger partial charge in [-0.2, -0.15) is 13.2 Å². The summed E-state index contributed by atoms with van der Waals surface area (Å²) in [6.07, 6.45) is -1.32. The summed E-state index contributed by atoms with van der Waals surface area (Å²) >= 11 is 0. The fourth-order valence-electron chi connectivity index (χ4n) is 3.63. The van der Waals surface area contributed by atoms with Crippen molar-refractivity contribution in [2.75, 3.05) is 32.1 Å². The second-order valence-electron chi connectivity index (χ2n) is 8.17. The Morgan fingerprint density at radius 1 is 1.31 bits per heavy atom. The molecule has 3 rings (SSSR count). The van der Waals surface area contributed by atoms with Crippen molar-refractivity contribution in [1.29, 1.82) is 0 Å². The predicted molar refractivity (Wildman–Crippen MR) is 114 cm³/mol. The summed E-state index contributed by atoms with van der Waals surface area (Å²) in [5.41, 5.74) is 0.738. The van der Waals surface area contributed by atoms with Gasteiger partial charge in [-0.05, 0) is 37.0 Å². The first kappa shape index (κ1) is 23.9. The van der Waals surface area contributed by atoms with E-state index < -0.39 is 11.7 Å². The van der Waals surface area contributed by atoms with Crippen LogP contribution in [0.25, 0.3) is 0 Å². The number of halogens is 3. The van der Waals surface area contributed by atoms with Gasteiger partial charge in [-0.1, -0.05) is 13.8 Å². The number of alkyl halides is 3. The number of piperidine rings is 1. The van der Waals surface area contributed by atoms with Gasteiger partial charge >= 0.3 is 6.18 Å². The molecule has 2 aromatic heterocycles. The third kappa shape index (κ3) is 6.15. The molecule has 2 aromatic rings. The average molecular weight is 451 g/mol. The third-order valence-corrected chi connectivity index (χ3v) is 5.40. The molecule has 0 radical (unpaired) electrons. The van der Waals surface area contributed by atoms with Crippen LogP contribution in [-0.4, -0.2) is 52.6 Å². The number of likely N-dealkylation sites (tertiary alicyclic amines) is 1. The lowest BCUT2D eigenvalue weighted by atomic mass is 9.93. The van der Waals surface area contributed by atoms with Gasteiger partial charge in [0.1, 0.15) is 5.82 Å². The van der Waals surface area contributed by atoms with E-state index in [-0.39, 0.29) is 29.5 Å². The highest BCUT2D eigenvalue weighted by atomic mass is 19.4. The molecular formula is C22H28F3N5O2. The summed E-state index contributed by atoms with van der Waals surface area (Å²) in [4.78, 5) is 27.3. The first-order valence-electron chi connectivity index (χ1n) is 10.6. The number of carbonyl (C=O) groups is 1. The molecule has 10 heteroatoms. The molecule has 1 amide bonds. The highest BCUT2D eigenvalue weighted by molar-refractivity contribution is 5.76. The molecule has 0 saturated carbocycles. The Bertz CT molecular complexity index is 936. The predicted octanol–water partition coefficient (Wildman–Crippen LogP) is 4.50. The van der Waals surface area contributed by atoms with Gasteiger partial charge in [0.2, 0.25) is 11.9 Å². The van der Waals surface area contributed by atoms with E-state index in [0.29, 0.717) is 26.1 Å². The smallest absolute Gasteiger partial charge is 0.384 e. The molecule has 0 bridgehead atoms. The fraction of sp³-hybridized carbons (Fsp3) is 0.545. The highest BCUT2D eigenvalue weighted by Gasteiger charge is 2.31. The van der Waals surface area contributed by atoms with E-state index in [2.05, 4.69) is 20.3 Å². The van der Waals surface area contributed by atoms with Crippen molar-refractivity contribution in [3.8, 4) is 0 Å². The van der Waals surface area contributed by atoms with Gasteiger partial charge in [-0.15, -0.1) is 0 Å². The van der Waals surface area contributed by atoms with Crippen molar-refractivity contribution in [2.24, 2.45) is 0 Å². The second kappa shape index (κ2) is 10.2. The number of nitrogens with one attached hydrogen (secondary N) is 1. The topological polar surface area (TPSA) is 80.2 Å². The van der Waals surface area contributed by atoms with Crippen molar-refractivity contribution < 1.29 is 22.7 Å². The number of rotatable bonds is 7. The second-order valence-corrected chi connectivity index (χ2v) is 8.17. The number of methoxy groups -OCH3 is 1. The molecular weight excluding hydrogens is 423 g/mol. The summed E-state index contributed by atoms with van der Waals surface area (Å²) in [6, 6.07) is 3.77. The number of anilines is 2. The summed E-state index contributed by atoms with van der Waals surface area (Å²) < 4.78 is 44.1. The lowest BCUT2D eigenvalue weighted by Gasteiger charge is -2.33. The Balaban J connectivity index is 1.84. The lowest BCUT2D eigenvalue weighted by molar-refractivity contribution is -0.137. The molecule has 3 heterocycles. The van der Waals surface area contributed by atoms with Crippen LogP contribution in [0.1, 0.15) is 61.9 Å². The Kier molecular flexibility index (Phi) is 7.65. The molecule has 1 aliphatic rings. The maximum absolute atomic E-state index is 13.0. The molecule has 7 nitrogen and oxygen atoms in total. The normalized spacial score (nSPS) is 17.0. The lowest BCUT2D eigenvalue weighted by Crippen LogP contribution is -2.39. The van der Waals surface area contributed by atoms with E-state index in [9.17, 15) is 18.0 Å². The molecule has 174 valence electrons. The number of hydrogen-bond acceptors (Lipinski definition) is 6. The van der Waals surface area contributed by atoms with Crippen LogP contribution in [-0.2, 0) is 15.7 Å². The van der Waals surface area contributed by atoms with Gasteiger partial charge in [0, 0.05) is 38.0 Å². The largest absolute Gasteiger partial charge is 0.416 e. The van der Waals surface area contributed by atoms with Gasteiger partial charge in [0.25, 0.3) is 0 Å². The van der Waals surface area contributed by atoms with Crippen LogP contribution in [0.15, 0.2) is 24.4 Å². The van der Waals surface area contributed by atoms with Crippen LogP contribution in [0.5, 0.6) is 0 Å². The summed E-state index contributed by atoms with van der Waals surface area (Å²) in [5.74, 6) is 0.370. The van der Waals surface area contributed by atoms with Gasteiger partial charge in [0.05, 0.1) is 24.3 Å². The molecule has 0 spiro atoms. The van der Waals surface area contributed by atoms with Crippen molar-refractivity contribution in [2.45, 2.75) is 51.1 Å². The van der Waals surface area contributed by atoms with E-state index in [4.69, 9.17) is 4.74 Å². The minimum absolute atomic E-state index is 0.0192. The number of carbonyl (C=O) groups excluding carboxylic acids is 1. The van der Waals surface area contributed by atoms with Crippen molar-refractivity contribution in [3.05, 3.63) is 41.3 Å². The zero-order chi connectivity index (χ0) is 23.3. The monoisotopic (exact) mass is 451 g/mol. The maximum atomic E-state index is 13.0. The van der Waals surface area contributed by atoms with Crippen LogP contribution < -0.4 is 5.32 Å².